The molecule has 2 aliphatic heterocycles. The highest BCUT2D eigenvalue weighted by molar-refractivity contribution is 7.01. The first-order chi connectivity index (χ1) is 28.0. The van der Waals surface area contributed by atoms with Crippen LogP contribution in [0.2, 0.25) is 13.1 Å². The van der Waals surface area contributed by atoms with Crippen LogP contribution in [-0.2, 0) is 31.2 Å². The summed E-state index contributed by atoms with van der Waals surface area (Å²) in [6.07, 6.45) is 0. The lowest BCUT2D eigenvalue weighted by molar-refractivity contribution is 0.00988. The Morgan fingerprint density at radius 2 is 1.26 bits per heavy atom. The third-order valence-corrected chi connectivity index (χ3v) is 14.3. The lowest BCUT2D eigenvalue weighted by Gasteiger charge is -2.45. The van der Waals surface area contributed by atoms with E-state index in [9.17, 15) is 4.79 Å². The summed E-state index contributed by atoms with van der Waals surface area (Å²) in [4.78, 5) is 17.6. The first-order valence-electron chi connectivity index (χ1n) is 19.7. The molecule has 0 saturated carbocycles. The average Bonchev–Trinajstić information content (AvgIpc) is 3.61. The minimum atomic E-state index is -2.12. The van der Waals surface area contributed by atoms with Crippen molar-refractivity contribution >= 4 is 35.7 Å². The maximum Gasteiger partial charge on any atom is 0.251 e. The van der Waals surface area contributed by atoms with Gasteiger partial charge >= 0.3 is 0 Å². The van der Waals surface area contributed by atoms with Crippen LogP contribution >= 0.6 is 0 Å². The maximum absolute atomic E-state index is 13.3. The van der Waals surface area contributed by atoms with E-state index in [-0.39, 0.29) is 5.91 Å². The summed E-state index contributed by atoms with van der Waals surface area (Å²) in [7, 11) is 6.23. The van der Waals surface area contributed by atoms with E-state index in [1.807, 2.05) is 36.4 Å². The number of ether oxygens (including phenoxy) is 5. The fourth-order valence-corrected chi connectivity index (χ4v) is 10.8. The Morgan fingerprint density at radius 3 is 1.84 bits per heavy atom. The first kappa shape index (κ1) is 40.9. The molecule has 1 N–H and O–H groups in total. The van der Waals surface area contributed by atoms with E-state index in [1.54, 1.807) is 6.92 Å². The molecule has 14 heteroatoms. The van der Waals surface area contributed by atoms with Crippen molar-refractivity contribution in [3.8, 4) is 17.1 Å². The number of hydrogen-bond acceptors (Lipinski definition) is 12. The van der Waals surface area contributed by atoms with Gasteiger partial charge in [0.25, 0.3) is 5.91 Å². The van der Waals surface area contributed by atoms with Crippen LogP contribution in [0.1, 0.15) is 38.4 Å². The Hall–Kier alpha value is -5.25. The number of rotatable bonds is 17. The SMILES string of the molecule is Cc1nnc(-c2ccc(OCCOCCOCCOCCNC(=O)c3ccc4c(c3)COC43c4ccc(N(C)C)cc4[Si](C)(C)c4cc(N(C)C)ccc43)cc2)nn1. The summed E-state index contributed by atoms with van der Waals surface area (Å²) in [5.41, 5.74) is 7.58. The van der Waals surface area contributed by atoms with Gasteiger partial charge in [-0.15, -0.1) is 20.4 Å². The summed E-state index contributed by atoms with van der Waals surface area (Å²) in [5, 5.41) is 21.7. The van der Waals surface area contributed by atoms with Crippen molar-refractivity contribution < 1.29 is 28.5 Å². The van der Waals surface area contributed by atoms with E-state index < -0.39 is 13.7 Å². The lowest BCUT2D eigenvalue weighted by atomic mass is 9.78. The topological polar surface area (TPSA) is 133 Å². The zero-order chi connectivity index (χ0) is 40.9. The Kier molecular flexibility index (Phi) is 12.5. The maximum atomic E-state index is 13.3. The number of amides is 1. The summed E-state index contributed by atoms with van der Waals surface area (Å²) >= 11 is 0. The number of carbonyl (C=O) groups excluding carboxylic acids is 1. The molecule has 58 heavy (non-hydrogen) atoms. The van der Waals surface area contributed by atoms with Crippen LogP contribution in [0, 0.1) is 6.92 Å². The molecular formula is C44H53N7O6Si. The first-order valence-corrected chi connectivity index (χ1v) is 22.7. The van der Waals surface area contributed by atoms with E-state index in [1.165, 1.54) is 32.9 Å². The summed E-state index contributed by atoms with van der Waals surface area (Å²) in [5.74, 6) is 1.58. The Bertz CT molecular complexity index is 2150. The van der Waals surface area contributed by atoms with E-state index in [0.29, 0.717) is 76.6 Å². The molecule has 1 aromatic heterocycles. The van der Waals surface area contributed by atoms with Gasteiger partial charge in [0, 0.05) is 57.2 Å². The lowest BCUT2D eigenvalue weighted by Crippen LogP contribution is -2.63. The van der Waals surface area contributed by atoms with Crippen LogP contribution in [0.5, 0.6) is 5.75 Å². The summed E-state index contributed by atoms with van der Waals surface area (Å²) < 4.78 is 29.6. The standard InChI is InChI=1S/C44H53N7O6Si/c1-30-46-48-42(49-47-30)31-8-13-36(14-9-31)56-25-24-55-23-22-54-21-20-53-19-18-45-43(52)32-10-15-37-33(26-32)29-57-44(37)38-16-11-34(50(2)3)27-40(38)58(6,7)41-28-35(51(4)5)12-17-39(41)44/h8-17,26-28H,18-25,29H2,1-7H3,(H,45,52). The number of fused-ring (bicyclic) bond motifs is 6. The molecule has 13 nitrogen and oxygen atoms in total. The molecule has 0 radical (unpaired) electrons. The number of aromatic nitrogens is 4. The van der Waals surface area contributed by atoms with Gasteiger partial charge in [0.1, 0.15) is 26.0 Å². The Morgan fingerprint density at radius 1 is 0.707 bits per heavy atom. The van der Waals surface area contributed by atoms with Gasteiger partial charge in [0.2, 0.25) is 5.82 Å². The average molecular weight is 804 g/mol. The predicted molar refractivity (Wildman–Crippen MR) is 227 cm³/mol. The summed E-state index contributed by atoms with van der Waals surface area (Å²) in [6, 6.07) is 27.1. The normalized spacial score (nSPS) is 14.4. The van der Waals surface area contributed by atoms with E-state index in [2.05, 4.69) is 119 Å². The smallest absolute Gasteiger partial charge is 0.251 e. The molecule has 1 amide bonds. The van der Waals surface area contributed by atoms with Gasteiger partial charge in [-0.05, 0) is 100 Å². The molecule has 304 valence electrons. The van der Waals surface area contributed by atoms with Gasteiger partial charge in [-0.1, -0.05) is 31.3 Å². The monoisotopic (exact) mass is 803 g/mol. The molecule has 1 spiro atoms. The van der Waals surface area contributed by atoms with Gasteiger partial charge in [-0.3, -0.25) is 4.79 Å². The number of nitrogens with one attached hydrogen (secondary N) is 1. The number of aryl methyl sites for hydroxylation is 1. The molecule has 3 heterocycles. The summed E-state index contributed by atoms with van der Waals surface area (Å²) in [6.45, 7) is 10.4. The van der Waals surface area contributed by atoms with Crippen LogP contribution in [-0.4, -0.2) is 115 Å². The number of nitrogens with zero attached hydrogens (tertiary/aromatic N) is 6. The van der Waals surface area contributed by atoms with Gasteiger partial charge in [0.05, 0.1) is 46.2 Å². The van der Waals surface area contributed by atoms with E-state index >= 15 is 0 Å². The third kappa shape index (κ3) is 8.47. The van der Waals surface area contributed by atoms with Gasteiger partial charge in [0.15, 0.2) is 5.82 Å². The Balaban J connectivity index is 0.848. The molecule has 0 bridgehead atoms. The molecular weight excluding hydrogens is 751 g/mol. The molecule has 7 rings (SSSR count). The Labute approximate surface area is 341 Å². The molecule has 2 aliphatic rings. The number of hydrogen-bond donors (Lipinski definition) is 1. The molecule has 0 fully saturated rings. The van der Waals surface area contributed by atoms with E-state index in [4.69, 9.17) is 23.7 Å². The zero-order valence-corrected chi connectivity index (χ0v) is 35.5. The van der Waals surface area contributed by atoms with Crippen LogP contribution in [0.25, 0.3) is 11.4 Å². The second-order valence-corrected chi connectivity index (χ2v) is 19.8. The largest absolute Gasteiger partial charge is 0.491 e. The highest BCUT2D eigenvalue weighted by atomic mass is 28.3. The second kappa shape index (κ2) is 17.7. The van der Waals surface area contributed by atoms with Gasteiger partial charge < -0.3 is 38.8 Å². The zero-order valence-electron chi connectivity index (χ0n) is 34.5. The van der Waals surface area contributed by atoms with Crippen molar-refractivity contribution in [3.63, 3.8) is 0 Å². The highest BCUT2D eigenvalue weighted by Crippen LogP contribution is 2.49. The number of benzene rings is 4. The number of anilines is 2. The molecule has 4 aromatic carbocycles. The van der Waals surface area contributed by atoms with Crippen LogP contribution in [0.3, 0.4) is 0 Å². The van der Waals surface area contributed by atoms with Crippen molar-refractivity contribution in [1.82, 2.24) is 25.7 Å². The van der Waals surface area contributed by atoms with Gasteiger partial charge in [-0.25, -0.2) is 0 Å². The third-order valence-electron chi connectivity index (χ3n) is 10.8. The molecule has 0 aliphatic carbocycles. The molecule has 5 aromatic rings. The van der Waals surface area contributed by atoms with Crippen LogP contribution in [0.15, 0.2) is 78.9 Å². The predicted octanol–water partition coefficient (Wildman–Crippen LogP) is 4.19. The fourth-order valence-electron chi connectivity index (χ4n) is 7.66. The molecule has 0 saturated heterocycles. The molecule has 0 unspecified atom stereocenters. The second-order valence-electron chi connectivity index (χ2n) is 15.5. The van der Waals surface area contributed by atoms with E-state index in [0.717, 1.165) is 22.4 Å². The fraction of sp³-hybridized carbons (Fsp3) is 0.386. The molecule has 0 atom stereocenters. The van der Waals surface area contributed by atoms with Crippen molar-refractivity contribution in [2.75, 3.05) is 90.8 Å². The van der Waals surface area contributed by atoms with Crippen molar-refractivity contribution in [2.24, 2.45) is 0 Å². The van der Waals surface area contributed by atoms with Crippen molar-refractivity contribution in [2.45, 2.75) is 32.2 Å². The van der Waals surface area contributed by atoms with Crippen LogP contribution < -0.4 is 30.2 Å². The van der Waals surface area contributed by atoms with Crippen molar-refractivity contribution in [1.29, 1.82) is 0 Å². The van der Waals surface area contributed by atoms with Crippen molar-refractivity contribution in [3.05, 3.63) is 113 Å². The highest BCUT2D eigenvalue weighted by Gasteiger charge is 2.53. The van der Waals surface area contributed by atoms with Crippen LogP contribution in [0.4, 0.5) is 11.4 Å². The number of carbonyl (C=O) groups is 1. The quantitative estimate of drug-likeness (QED) is 0.107. The van der Waals surface area contributed by atoms with Gasteiger partial charge in [-0.2, -0.15) is 0 Å². The minimum Gasteiger partial charge on any atom is -0.491 e. The minimum absolute atomic E-state index is 0.141.